The molecule has 3 nitrogen and oxygen atoms in total. The van der Waals surface area contributed by atoms with E-state index in [9.17, 15) is 4.79 Å². The van der Waals surface area contributed by atoms with E-state index >= 15 is 0 Å². The molecule has 0 aromatic rings. The molecule has 2 aliphatic heterocycles. The second-order valence-corrected chi connectivity index (χ2v) is 5.93. The summed E-state index contributed by atoms with van der Waals surface area (Å²) in [6.07, 6.45) is 8.33. The van der Waals surface area contributed by atoms with Crippen LogP contribution in [0.25, 0.3) is 0 Å². The van der Waals surface area contributed by atoms with Crippen molar-refractivity contribution in [3.8, 4) is 0 Å². The lowest BCUT2D eigenvalue weighted by Gasteiger charge is -2.23. The van der Waals surface area contributed by atoms with Crippen LogP contribution in [0.1, 0.15) is 58.8 Å². The summed E-state index contributed by atoms with van der Waals surface area (Å²) in [5.74, 6) is 1.16. The van der Waals surface area contributed by atoms with Gasteiger partial charge < -0.3 is 10.2 Å². The third-order valence-electron chi connectivity index (χ3n) is 4.69. The van der Waals surface area contributed by atoms with E-state index in [2.05, 4.69) is 24.1 Å². The summed E-state index contributed by atoms with van der Waals surface area (Å²) in [6.45, 7) is 6.63. The molecule has 3 unspecified atom stereocenters. The Kier molecular flexibility index (Phi) is 5.04. The fourth-order valence-electron chi connectivity index (χ4n) is 3.43. The topological polar surface area (TPSA) is 32.3 Å². The largest absolute Gasteiger partial charge is 0.338 e. The van der Waals surface area contributed by atoms with E-state index in [1.807, 2.05) is 0 Å². The molecule has 2 fully saturated rings. The predicted octanol–water partition coefficient (Wildman–Crippen LogP) is 2.56. The number of amides is 1. The molecular formula is C15H28N2O. The van der Waals surface area contributed by atoms with Crippen molar-refractivity contribution >= 4 is 5.91 Å². The van der Waals surface area contributed by atoms with Gasteiger partial charge >= 0.3 is 0 Å². The Balaban J connectivity index is 1.77. The molecule has 2 rings (SSSR count). The van der Waals surface area contributed by atoms with Gasteiger partial charge in [0.15, 0.2) is 0 Å². The summed E-state index contributed by atoms with van der Waals surface area (Å²) in [7, 11) is 0. The van der Waals surface area contributed by atoms with Gasteiger partial charge in [0.1, 0.15) is 0 Å². The van der Waals surface area contributed by atoms with Crippen molar-refractivity contribution in [2.45, 2.75) is 70.9 Å². The molecule has 1 N–H and O–H groups in total. The number of rotatable bonds is 7. The van der Waals surface area contributed by atoms with Crippen LogP contribution in [0.5, 0.6) is 0 Å². The van der Waals surface area contributed by atoms with Gasteiger partial charge in [0, 0.05) is 25.0 Å². The van der Waals surface area contributed by atoms with Crippen molar-refractivity contribution in [3.63, 3.8) is 0 Å². The number of unbranched alkanes of at least 4 members (excludes halogenated alkanes) is 1. The van der Waals surface area contributed by atoms with E-state index in [0.717, 1.165) is 25.4 Å². The van der Waals surface area contributed by atoms with Crippen LogP contribution < -0.4 is 5.32 Å². The number of carbonyl (C=O) groups excluding carboxylic acids is 1. The summed E-state index contributed by atoms with van der Waals surface area (Å²) >= 11 is 0. The molecule has 0 saturated carbocycles. The molecule has 2 saturated heterocycles. The summed E-state index contributed by atoms with van der Waals surface area (Å²) in [5, 5.41) is 3.68. The van der Waals surface area contributed by atoms with Gasteiger partial charge in [-0.15, -0.1) is 0 Å². The Labute approximate surface area is 111 Å². The first-order chi connectivity index (χ1) is 8.76. The Morgan fingerprint density at radius 2 is 2.28 bits per heavy atom. The maximum atomic E-state index is 11.8. The lowest BCUT2D eigenvalue weighted by Crippen LogP contribution is -2.41. The standard InChI is InChI=1S/C15H28N2O/c1-3-5-7-12(4-2)11-16-13-10-15(18)17-9-6-8-14(13)17/h12-14,16H,3-11H2,1-2H3. The highest BCUT2D eigenvalue weighted by Crippen LogP contribution is 2.29. The average Bonchev–Trinajstić information content (AvgIpc) is 2.95. The van der Waals surface area contributed by atoms with Crippen LogP contribution in [0.3, 0.4) is 0 Å². The van der Waals surface area contributed by atoms with Gasteiger partial charge in [-0.25, -0.2) is 0 Å². The second kappa shape index (κ2) is 6.55. The lowest BCUT2D eigenvalue weighted by molar-refractivity contribution is -0.127. The summed E-state index contributed by atoms with van der Waals surface area (Å²) < 4.78 is 0. The minimum atomic E-state index is 0.372. The van der Waals surface area contributed by atoms with E-state index < -0.39 is 0 Å². The first kappa shape index (κ1) is 13.9. The predicted molar refractivity (Wildman–Crippen MR) is 74.4 cm³/mol. The quantitative estimate of drug-likeness (QED) is 0.755. The van der Waals surface area contributed by atoms with Gasteiger partial charge in [-0.1, -0.05) is 33.1 Å². The van der Waals surface area contributed by atoms with Gasteiger partial charge in [-0.05, 0) is 31.7 Å². The second-order valence-electron chi connectivity index (χ2n) is 5.93. The van der Waals surface area contributed by atoms with Crippen molar-refractivity contribution in [3.05, 3.63) is 0 Å². The number of carbonyl (C=O) groups is 1. The summed E-state index contributed by atoms with van der Waals surface area (Å²) in [4.78, 5) is 13.9. The van der Waals surface area contributed by atoms with Crippen LogP contribution in [0.15, 0.2) is 0 Å². The van der Waals surface area contributed by atoms with Crippen molar-refractivity contribution in [1.29, 1.82) is 0 Å². The highest BCUT2D eigenvalue weighted by Gasteiger charge is 2.41. The van der Waals surface area contributed by atoms with Crippen molar-refractivity contribution in [1.82, 2.24) is 10.2 Å². The summed E-state index contributed by atoms with van der Waals surface area (Å²) in [5.41, 5.74) is 0. The SMILES string of the molecule is CCCCC(CC)CNC1CC(=O)N2CCCC12. The number of nitrogens with one attached hydrogen (secondary N) is 1. The van der Waals surface area contributed by atoms with Crippen LogP contribution >= 0.6 is 0 Å². The minimum Gasteiger partial charge on any atom is -0.338 e. The summed E-state index contributed by atoms with van der Waals surface area (Å²) in [6, 6.07) is 0.928. The molecule has 0 aliphatic carbocycles. The number of hydrogen-bond acceptors (Lipinski definition) is 2. The minimum absolute atomic E-state index is 0.372. The van der Waals surface area contributed by atoms with Crippen molar-refractivity contribution < 1.29 is 4.79 Å². The van der Waals surface area contributed by atoms with Crippen molar-refractivity contribution in [2.24, 2.45) is 5.92 Å². The van der Waals surface area contributed by atoms with Crippen LogP contribution in [0.2, 0.25) is 0 Å². The maximum Gasteiger partial charge on any atom is 0.224 e. The Morgan fingerprint density at radius 1 is 1.44 bits per heavy atom. The molecule has 0 bridgehead atoms. The molecule has 3 heteroatoms. The van der Waals surface area contributed by atoms with E-state index in [-0.39, 0.29) is 0 Å². The third-order valence-corrected chi connectivity index (χ3v) is 4.69. The van der Waals surface area contributed by atoms with Crippen LogP contribution in [-0.2, 0) is 4.79 Å². The average molecular weight is 252 g/mol. The van der Waals surface area contributed by atoms with Gasteiger partial charge in [0.25, 0.3) is 0 Å². The highest BCUT2D eigenvalue weighted by molar-refractivity contribution is 5.80. The molecule has 0 aromatic carbocycles. The molecule has 2 aliphatic rings. The van der Waals surface area contributed by atoms with E-state index in [1.165, 1.54) is 38.5 Å². The molecule has 1 amide bonds. The molecule has 3 atom stereocenters. The molecule has 0 aromatic heterocycles. The zero-order valence-electron chi connectivity index (χ0n) is 12.0. The van der Waals surface area contributed by atoms with E-state index in [4.69, 9.17) is 0 Å². The fraction of sp³-hybridized carbons (Fsp3) is 0.933. The first-order valence-electron chi connectivity index (χ1n) is 7.79. The van der Waals surface area contributed by atoms with Crippen LogP contribution in [-0.4, -0.2) is 36.0 Å². The third kappa shape index (κ3) is 3.05. The van der Waals surface area contributed by atoms with Gasteiger partial charge in [0.05, 0.1) is 0 Å². The molecule has 104 valence electrons. The number of hydrogen-bond donors (Lipinski definition) is 1. The van der Waals surface area contributed by atoms with Crippen molar-refractivity contribution in [2.75, 3.05) is 13.1 Å². The molecule has 0 spiro atoms. The zero-order chi connectivity index (χ0) is 13.0. The normalized spacial score (nSPS) is 28.8. The molecular weight excluding hydrogens is 224 g/mol. The van der Waals surface area contributed by atoms with Gasteiger partial charge in [0.2, 0.25) is 5.91 Å². The smallest absolute Gasteiger partial charge is 0.224 e. The molecule has 2 heterocycles. The zero-order valence-corrected chi connectivity index (χ0v) is 12.0. The van der Waals surface area contributed by atoms with Crippen LogP contribution in [0.4, 0.5) is 0 Å². The molecule has 18 heavy (non-hydrogen) atoms. The Morgan fingerprint density at radius 3 is 3.00 bits per heavy atom. The van der Waals surface area contributed by atoms with E-state index in [0.29, 0.717) is 18.0 Å². The van der Waals surface area contributed by atoms with Gasteiger partial charge in [-0.3, -0.25) is 4.79 Å². The number of fused-ring (bicyclic) bond motifs is 1. The van der Waals surface area contributed by atoms with E-state index in [1.54, 1.807) is 0 Å². The Hall–Kier alpha value is -0.570. The van der Waals surface area contributed by atoms with Gasteiger partial charge in [-0.2, -0.15) is 0 Å². The highest BCUT2D eigenvalue weighted by atomic mass is 16.2. The maximum absolute atomic E-state index is 11.8. The van der Waals surface area contributed by atoms with Crippen LogP contribution in [0, 0.1) is 5.92 Å². The molecule has 0 radical (unpaired) electrons. The first-order valence-corrected chi connectivity index (χ1v) is 7.79. The fourth-order valence-corrected chi connectivity index (χ4v) is 3.43. The lowest BCUT2D eigenvalue weighted by atomic mass is 9.98. The monoisotopic (exact) mass is 252 g/mol. The Bertz CT molecular complexity index is 280. The number of nitrogens with zero attached hydrogens (tertiary/aromatic N) is 1.